The quantitative estimate of drug-likeness (QED) is 0.559. The van der Waals surface area contributed by atoms with Crippen LogP contribution in [0.25, 0.3) is 0 Å². The largest absolute Gasteiger partial charge is 0.356 e. The lowest BCUT2D eigenvalue weighted by molar-refractivity contribution is -0.128. The molecular weight excluding hydrogens is 486 g/mol. The Labute approximate surface area is 221 Å². The number of rotatable bonds is 8. The molecule has 192 valence electrons. The second-order valence-corrected chi connectivity index (χ2v) is 10.5. The number of thioether (sulfide) groups is 1. The third kappa shape index (κ3) is 6.10. The standard InChI is InChI=1S/C28H31N5O3S/c34-24(29-16-15-19-9-3-1-4-10-19)17-23-27(36)33-26(31-23)21-13-7-8-14-22(21)32-28(33)37-18-25(35)30-20-11-5-2-6-12-20/h1,3-4,7-10,13-14,20,23H,2,5-6,11-12,15-18H2,(H,29,34)(H,30,35)/t23-/m0/s1. The van der Waals surface area contributed by atoms with Crippen LogP contribution in [0, 0.1) is 0 Å². The van der Waals surface area contributed by atoms with Crippen LogP contribution >= 0.6 is 11.8 Å². The Kier molecular flexibility index (Phi) is 7.99. The van der Waals surface area contributed by atoms with Crippen molar-refractivity contribution in [3.8, 4) is 0 Å². The molecule has 2 aromatic rings. The van der Waals surface area contributed by atoms with E-state index in [9.17, 15) is 14.4 Å². The van der Waals surface area contributed by atoms with E-state index in [-0.39, 0.29) is 35.9 Å². The summed E-state index contributed by atoms with van der Waals surface area (Å²) in [4.78, 5) is 49.4. The van der Waals surface area contributed by atoms with E-state index in [4.69, 9.17) is 0 Å². The Bertz CT molecular complexity index is 1220. The molecule has 0 aromatic heterocycles. The van der Waals surface area contributed by atoms with Crippen molar-refractivity contribution in [2.75, 3.05) is 12.3 Å². The number of fused-ring (bicyclic) bond motifs is 3. The minimum atomic E-state index is -0.820. The lowest BCUT2D eigenvalue weighted by Gasteiger charge is -2.26. The number of nitrogens with zero attached hydrogens (tertiary/aromatic N) is 3. The van der Waals surface area contributed by atoms with E-state index in [1.807, 2.05) is 54.6 Å². The first-order valence-electron chi connectivity index (χ1n) is 12.9. The Morgan fingerprint density at radius 3 is 2.54 bits per heavy atom. The van der Waals surface area contributed by atoms with Crippen molar-refractivity contribution in [2.45, 2.75) is 57.0 Å². The Morgan fingerprint density at radius 2 is 1.73 bits per heavy atom. The highest BCUT2D eigenvalue weighted by Crippen LogP contribution is 2.34. The van der Waals surface area contributed by atoms with Gasteiger partial charge in [-0.2, -0.15) is 0 Å². The monoisotopic (exact) mass is 517 g/mol. The van der Waals surface area contributed by atoms with Crippen molar-refractivity contribution in [3.63, 3.8) is 0 Å². The van der Waals surface area contributed by atoms with Crippen LogP contribution in [0.2, 0.25) is 0 Å². The molecular formula is C28H31N5O3S. The lowest BCUT2D eigenvalue weighted by atomic mass is 9.95. The van der Waals surface area contributed by atoms with E-state index < -0.39 is 6.04 Å². The molecule has 1 fully saturated rings. The minimum absolute atomic E-state index is 0.0318. The van der Waals surface area contributed by atoms with Gasteiger partial charge in [0, 0.05) is 18.2 Å². The van der Waals surface area contributed by atoms with Gasteiger partial charge in [-0.15, -0.1) is 0 Å². The molecule has 1 atom stereocenters. The Morgan fingerprint density at radius 1 is 0.973 bits per heavy atom. The van der Waals surface area contributed by atoms with Gasteiger partial charge in [-0.1, -0.05) is 73.5 Å². The van der Waals surface area contributed by atoms with Gasteiger partial charge in [0.2, 0.25) is 11.8 Å². The van der Waals surface area contributed by atoms with Gasteiger partial charge >= 0.3 is 0 Å². The van der Waals surface area contributed by atoms with Gasteiger partial charge in [-0.25, -0.2) is 9.89 Å². The van der Waals surface area contributed by atoms with Crippen molar-refractivity contribution >= 4 is 46.2 Å². The molecule has 3 aliphatic rings. The summed E-state index contributed by atoms with van der Waals surface area (Å²) in [6.07, 6.45) is 6.23. The van der Waals surface area contributed by atoms with Gasteiger partial charge in [0.05, 0.1) is 17.9 Å². The van der Waals surface area contributed by atoms with E-state index >= 15 is 0 Å². The number of carbonyl (C=O) groups excluding carboxylic acids is 3. The predicted octanol–water partition coefficient (Wildman–Crippen LogP) is 3.58. The molecule has 37 heavy (non-hydrogen) atoms. The number of hydrogen-bond donors (Lipinski definition) is 2. The number of aliphatic imine (C=N–C) groups is 2. The zero-order chi connectivity index (χ0) is 25.6. The average molecular weight is 518 g/mol. The van der Waals surface area contributed by atoms with Crippen molar-refractivity contribution in [3.05, 3.63) is 65.7 Å². The lowest BCUT2D eigenvalue weighted by Crippen LogP contribution is -2.43. The summed E-state index contributed by atoms with van der Waals surface area (Å²) in [6, 6.07) is 16.8. The molecule has 0 spiro atoms. The summed E-state index contributed by atoms with van der Waals surface area (Å²) in [6.45, 7) is 0.492. The maximum Gasteiger partial charge on any atom is 0.259 e. The first-order chi connectivity index (χ1) is 18.1. The first kappa shape index (κ1) is 25.2. The maximum absolute atomic E-state index is 13.4. The summed E-state index contributed by atoms with van der Waals surface area (Å²) in [5, 5.41) is 6.44. The van der Waals surface area contributed by atoms with E-state index in [2.05, 4.69) is 20.6 Å². The van der Waals surface area contributed by atoms with Gasteiger partial charge in [0.15, 0.2) is 5.17 Å². The van der Waals surface area contributed by atoms with Crippen LogP contribution in [0.3, 0.4) is 0 Å². The fourth-order valence-electron chi connectivity index (χ4n) is 4.92. The maximum atomic E-state index is 13.4. The van der Waals surface area contributed by atoms with Gasteiger partial charge in [0.25, 0.3) is 5.91 Å². The smallest absolute Gasteiger partial charge is 0.259 e. The van der Waals surface area contributed by atoms with E-state index in [0.717, 1.165) is 43.2 Å². The zero-order valence-electron chi connectivity index (χ0n) is 20.7. The van der Waals surface area contributed by atoms with Crippen molar-refractivity contribution < 1.29 is 14.4 Å². The summed E-state index contributed by atoms with van der Waals surface area (Å²) >= 11 is 1.23. The van der Waals surface area contributed by atoms with Crippen LogP contribution in [0.15, 0.2) is 64.6 Å². The number of hydrogen-bond acceptors (Lipinski definition) is 6. The molecule has 8 nitrogen and oxygen atoms in total. The van der Waals surface area contributed by atoms with Crippen LogP contribution in [0.4, 0.5) is 5.69 Å². The SMILES string of the molecule is O=C(C[C@@H]1N=C2c3ccccc3N=C(SCC(=O)NC3CCCCC3)N2C1=O)NCCc1ccccc1. The van der Waals surface area contributed by atoms with E-state index in [1.54, 1.807) is 0 Å². The molecule has 3 amide bonds. The molecule has 0 radical (unpaired) electrons. The van der Waals surface area contributed by atoms with Crippen molar-refractivity contribution in [1.29, 1.82) is 0 Å². The molecule has 1 aliphatic carbocycles. The molecule has 2 N–H and O–H groups in total. The molecule has 9 heteroatoms. The summed E-state index contributed by atoms with van der Waals surface area (Å²) < 4.78 is 0. The van der Waals surface area contributed by atoms with Gasteiger partial charge in [-0.05, 0) is 37.0 Å². The molecule has 0 bridgehead atoms. The fourth-order valence-corrected chi connectivity index (χ4v) is 5.73. The normalized spacial score (nSPS) is 19.0. The van der Waals surface area contributed by atoms with Gasteiger partial charge < -0.3 is 10.6 Å². The van der Waals surface area contributed by atoms with Gasteiger partial charge in [-0.3, -0.25) is 19.4 Å². The Hall–Kier alpha value is -3.46. The minimum Gasteiger partial charge on any atom is -0.356 e. The molecule has 0 saturated heterocycles. The second-order valence-electron chi connectivity index (χ2n) is 9.53. The van der Waals surface area contributed by atoms with Crippen LogP contribution in [-0.2, 0) is 20.8 Å². The fraction of sp³-hybridized carbons (Fsp3) is 0.393. The second kappa shape index (κ2) is 11.7. The highest BCUT2D eigenvalue weighted by Gasteiger charge is 2.42. The molecule has 1 saturated carbocycles. The van der Waals surface area contributed by atoms with Crippen LogP contribution < -0.4 is 10.6 Å². The third-order valence-corrected chi connectivity index (χ3v) is 7.75. The zero-order valence-corrected chi connectivity index (χ0v) is 21.5. The topological polar surface area (TPSA) is 103 Å². The predicted molar refractivity (Wildman–Crippen MR) is 146 cm³/mol. The first-order valence-corrected chi connectivity index (χ1v) is 13.9. The molecule has 5 rings (SSSR count). The highest BCUT2D eigenvalue weighted by molar-refractivity contribution is 8.14. The van der Waals surface area contributed by atoms with Crippen LogP contribution in [0.1, 0.15) is 49.7 Å². The molecule has 2 heterocycles. The van der Waals surface area contributed by atoms with Crippen molar-refractivity contribution in [1.82, 2.24) is 15.5 Å². The number of para-hydroxylation sites is 1. The number of amides is 3. The van der Waals surface area contributed by atoms with Gasteiger partial charge in [0.1, 0.15) is 11.9 Å². The third-order valence-electron chi connectivity index (χ3n) is 6.81. The summed E-state index contributed by atoms with van der Waals surface area (Å²) in [5.41, 5.74) is 2.59. The average Bonchev–Trinajstić information content (AvgIpc) is 3.24. The number of carbonyl (C=O) groups is 3. The summed E-state index contributed by atoms with van der Waals surface area (Å²) in [5.74, 6) is 0.0939. The molecule has 0 unspecified atom stereocenters. The molecule has 2 aromatic carbocycles. The number of benzene rings is 2. The molecule has 2 aliphatic heterocycles. The Balaban J connectivity index is 1.23. The number of nitrogens with one attached hydrogen (secondary N) is 2. The summed E-state index contributed by atoms with van der Waals surface area (Å²) in [7, 11) is 0. The van der Waals surface area contributed by atoms with Crippen LogP contribution in [-0.4, -0.2) is 58.0 Å². The van der Waals surface area contributed by atoms with Crippen LogP contribution in [0.5, 0.6) is 0 Å². The highest BCUT2D eigenvalue weighted by atomic mass is 32.2. The van der Waals surface area contributed by atoms with Crippen molar-refractivity contribution in [2.24, 2.45) is 9.98 Å². The van der Waals surface area contributed by atoms with E-state index in [1.165, 1.54) is 23.1 Å². The number of amidine groups is 2. The van der Waals surface area contributed by atoms with E-state index in [0.29, 0.717) is 23.2 Å².